The fourth-order valence-corrected chi connectivity index (χ4v) is 2.22. The van der Waals surface area contributed by atoms with Crippen molar-refractivity contribution in [1.29, 1.82) is 0 Å². The summed E-state index contributed by atoms with van der Waals surface area (Å²) in [6, 6.07) is 7.43. The lowest BCUT2D eigenvalue weighted by Crippen LogP contribution is -2.15. The second kappa shape index (κ2) is 4.54. The molecule has 0 saturated heterocycles. The first-order valence-corrected chi connectivity index (χ1v) is 6.17. The van der Waals surface area contributed by atoms with E-state index in [1.54, 1.807) is 18.2 Å². The second-order valence-corrected chi connectivity index (χ2v) is 4.72. The summed E-state index contributed by atoms with van der Waals surface area (Å²) in [4.78, 5) is 25.8. The minimum absolute atomic E-state index is 0.0554. The Morgan fingerprint density at radius 3 is 2.50 bits per heavy atom. The summed E-state index contributed by atoms with van der Waals surface area (Å²) < 4.78 is 1.39. The van der Waals surface area contributed by atoms with Crippen LogP contribution in [-0.4, -0.2) is 14.7 Å². The SMILES string of the molecule is O=c1ccn(-c2c(O)c3ccc(Cl)cc3[nH]c2=O)cc1. The van der Waals surface area contributed by atoms with E-state index in [1.165, 1.54) is 29.1 Å². The first-order chi connectivity index (χ1) is 9.56. The van der Waals surface area contributed by atoms with Crippen molar-refractivity contribution in [2.45, 2.75) is 0 Å². The number of aromatic nitrogens is 2. The van der Waals surface area contributed by atoms with Crippen LogP contribution in [0.3, 0.4) is 0 Å². The molecule has 5 nitrogen and oxygen atoms in total. The number of H-pyrrole nitrogens is 1. The van der Waals surface area contributed by atoms with Crippen LogP contribution in [0.5, 0.6) is 5.75 Å². The van der Waals surface area contributed by atoms with Gasteiger partial charge in [-0.1, -0.05) is 11.6 Å². The predicted octanol–water partition coefficient (Wildman–Crippen LogP) is 2.04. The van der Waals surface area contributed by atoms with E-state index in [0.717, 1.165) is 0 Å². The molecule has 3 rings (SSSR count). The van der Waals surface area contributed by atoms with E-state index in [-0.39, 0.29) is 16.9 Å². The number of fused-ring (bicyclic) bond motifs is 1. The lowest BCUT2D eigenvalue weighted by molar-refractivity contribution is 0.477. The normalized spacial score (nSPS) is 10.8. The van der Waals surface area contributed by atoms with Gasteiger partial charge in [-0.25, -0.2) is 0 Å². The van der Waals surface area contributed by atoms with Gasteiger partial charge in [0, 0.05) is 34.9 Å². The van der Waals surface area contributed by atoms with Gasteiger partial charge in [-0.15, -0.1) is 0 Å². The Morgan fingerprint density at radius 2 is 1.80 bits per heavy atom. The zero-order valence-electron chi connectivity index (χ0n) is 10.1. The molecule has 0 aliphatic carbocycles. The summed E-state index contributed by atoms with van der Waals surface area (Å²) in [5, 5.41) is 11.2. The minimum Gasteiger partial charge on any atom is -0.505 e. The summed E-state index contributed by atoms with van der Waals surface area (Å²) in [7, 11) is 0. The van der Waals surface area contributed by atoms with Crippen LogP contribution in [-0.2, 0) is 0 Å². The summed E-state index contributed by atoms with van der Waals surface area (Å²) in [5.74, 6) is -0.163. The minimum atomic E-state index is -0.471. The molecule has 0 aliphatic rings. The largest absolute Gasteiger partial charge is 0.505 e. The molecule has 0 aliphatic heterocycles. The third kappa shape index (κ3) is 1.98. The smallest absolute Gasteiger partial charge is 0.276 e. The van der Waals surface area contributed by atoms with Gasteiger partial charge in [0.1, 0.15) is 0 Å². The highest BCUT2D eigenvalue weighted by Gasteiger charge is 2.13. The summed E-state index contributed by atoms with van der Waals surface area (Å²) in [6.45, 7) is 0. The van der Waals surface area contributed by atoms with Gasteiger partial charge in [0.25, 0.3) is 5.56 Å². The standard InChI is InChI=1S/C14H9ClN2O3/c15-8-1-2-10-11(7-8)16-14(20)12(13(10)19)17-5-3-9(18)4-6-17/h1-7H,(H2,16,19,20). The van der Waals surface area contributed by atoms with E-state index in [4.69, 9.17) is 11.6 Å². The molecule has 2 heterocycles. The van der Waals surface area contributed by atoms with Crippen molar-refractivity contribution in [2.24, 2.45) is 0 Å². The topological polar surface area (TPSA) is 75.1 Å². The van der Waals surface area contributed by atoms with Crippen LogP contribution in [0.15, 0.2) is 52.3 Å². The fraction of sp³-hybridized carbons (Fsp3) is 0. The predicted molar refractivity (Wildman–Crippen MR) is 76.8 cm³/mol. The average Bonchev–Trinajstić information content (AvgIpc) is 2.40. The molecule has 20 heavy (non-hydrogen) atoms. The van der Waals surface area contributed by atoms with Crippen LogP contribution in [0.25, 0.3) is 16.6 Å². The van der Waals surface area contributed by atoms with E-state index >= 15 is 0 Å². The van der Waals surface area contributed by atoms with Crippen molar-refractivity contribution in [2.75, 3.05) is 0 Å². The number of hydrogen-bond acceptors (Lipinski definition) is 3. The molecule has 6 heteroatoms. The van der Waals surface area contributed by atoms with Gasteiger partial charge in [0.15, 0.2) is 16.9 Å². The Kier molecular flexibility index (Phi) is 2.84. The molecule has 0 bridgehead atoms. The number of nitrogens with zero attached hydrogens (tertiary/aromatic N) is 1. The lowest BCUT2D eigenvalue weighted by Gasteiger charge is -2.09. The number of halogens is 1. The van der Waals surface area contributed by atoms with E-state index in [9.17, 15) is 14.7 Å². The zero-order chi connectivity index (χ0) is 14.3. The molecule has 2 aromatic heterocycles. The Balaban J connectivity index is 2.36. The van der Waals surface area contributed by atoms with Crippen molar-refractivity contribution in [3.05, 3.63) is 68.3 Å². The molecule has 3 aromatic rings. The molecule has 0 amide bonds. The summed E-state index contributed by atoms with van der Waals surface area (Å²) in [5.41, 5.74) is -0.143. The van der Waals surface area contributed by atoms with Crippen molar-refractivity contribution >= 4 is 22.5 Å². The van der Waals surface area contributed by atoms with E-state index in [0.29, 0.717) is 15.9 Å². The van der Waals surface area contributed by atoms with Crippen molar-refractivity contribution in [3.63, 3.8) is 0 Å². The Morgan fingerprint density at radius 1 is 1.10 bits per heavy atom. The van der Waals surface area contributed by atoms with Gasteiger partial charge in [0.05, 0.1) is 5.52 Å². The maximum Gasteiger partial charge on any atom is 0.276 e. The first kappa shape index (κ1) is 12.5. The number of nitrogens with one attached hydrogen (secondary N) is 1. The zero-order valence-corrected chi connectivity index (χ0v) is 10.9. The molecule has 0 fully saturated rings. The maximum atomic E-state index is 12.1. The van der Waals surface area contributed by atoms with Gasteiger partial charge in [-0.2, -0.15) is 0 Å². The number of rotatable bonds is 1. The molecule has 0 spiro atoms. The molecule has 0 saturated carbocycles. The third-order valence-corrected chi connectivity index (χ3v) is 3.22. The fourth-order valence-electron chi connectivity index (χ4n) is 2.04. The highest BCUT2D eigenvalue weighted by molar-refractivity contribution is 6.31. The van der Waals surface area contributed by atoms with E-state index in [1.807, 2.05) is 0 Å². The first-order valence-electron chi connectivity index (χ1n) is 5.79. The van der Waals surface area contributed by atoms with Gasteiger partial charge in [-0.3, -0.25) is 9.59 Å². The number of benzene rings is 1. The Hall–Kier alpha value is -2.53. The molecule has 2 N–H and O–H groups in total. The summed E-state index contributed by atoms with van der Waals surface area (Å²) in [6.07, 6.45) is 2.85. The van der Waals surface area contributed by atoms with E-state index < -0.39 is 5.56 Å². The van der Waals surface area contributed by atoms with Crippen molar-refractivity contribution in [1.82, 2.24) is 9.55 Å². The number of pyridine rings is 2. The van der Waals surface area contributed by atoms with Crippen LogP contribution in [0, 0.1) is 0 Å². The molecular formula is C14H9ClN2O3. The Bertz CT molecular complexity index is 907. The highest BCUT2D eigenvalue weighted by Crippen LogP contribution is 2.28. The van der Waals surface area contributed by atoms with Crippen LogP contribution < -0.4 is 11.0 Å². The number of aromatic amines is 1. The number of hydrogen-bond donors (Lipinski definition) is 2. The molecule has 0 atom stereocenters. The molecule has 0 unspecified atom stereocenters. The Labute approximate surface area is 117 Å². The van der Waals surface area contributed by atoms with Crippen molar-refractivity contribution < 1.29 is 5.11 Å². The molecule has 100 valence electrons. The molecule has 0 radical (unpaired) electrons. The quantitative estimate of drug-likeness (QED) is 0.719. The van der Waals surface area contributed by atoms with Crippen LogP contribution >= 0.6 is 11.6 Å². The average molecular weight is 289 g/mol. The van der Waals surface area contributed by atoms with Gasteiger partial charge in [0.2, 0.25) is 0 Å². The van der Waals surface area contributed by atoms with E-state index in [2.05, 4.69) is 4.98 Å². The highest BCUT2D eigenvalue weighted by atomic mass is 35.5. The number of aromatic hydroxyl groups is 1. The summed E-state index contributed by atoms with van der Waals surface area (Å²) >= 11 is 5.85. The van der Waals surface area contributed by atoms with Crippen LogP contribution in [0.4, 0.5) is 0 Å². The van der Waals surface area contributed by atoms with Crippen LogP contribution in [0.2, 0.25) is 5.02 Å². The molecule has 1 aromatic carbocycles. The lowest BCUT2D eigenvalue weighted by atomic mass is 10.2. The van der Waals surface area contributed by atoms with Crippen LogP contribution in [0.1, 0.15) is 0 Å². The van der Waals surface area contributed by atoms with Gasteiger partial charge < -0.3 is 14.7 Å². The maximum absolute atomic E-state index is 12.1. The van der Waals surface area contributed by atoms with Gasteiger partial charge >= 0.3 is 0 Å². The van der Waals surface area contributed by atoms with Crippen molar-refractivity contribution in [3.8, 4) is 11.4 Å². The second-order valence-electron chi connectivity index (χ2n) is 4.28. The third-order valence-electron chi connectivity index (χ3n) is 2.98. The van der Waals surface area contributed by atoms with Gasteiger partial charge in [-0.05, 0) is 18.2 Å². The monoisotopic (exact) mass is 288 g/mol. The molecular weight excluding hydrogens is 280 g/mol.